The number of ether oxygens (including phenoxy) is 1. The summed E-state index contributed by atoms with van der Waals surface area (Å²) in [5.41, 5.74) is 1.36. The summed E-state index contributed by atoms with van der Waals surface area (Å²) in [6.07, 6.45) is 3.75. The Bertz CT molecular complexity index is 451. The second-order valence-corrected chi connectivity index (χ2v) is 6.57. The summed E-state index contributed by atoms with van der Waals surface area (Å²) in [5.74, 6) is 1.10. The summed E-state index contributed by atoms with van der Waals surface area (Å²) in [6, 6.07) is 8.60. The lowest BCUT2D eigenvalue weighted by Gasteiger charge is -2.30. The van der Waals surface area contributed by atoms with Crippen molar-refractivity contribution in [2.75, 3.05) is 52.9 Å². The first-order chi connectivity index (χ1) is 10.8. The molecule has 1 N–H and O–H groups in total. The maximum Gasteiger partial charge on any atom is 0.122 e. The molecule has 0 unspecified atom stereocenters. The van der Waals surface area contributed by atoms with Crippen molar-refractivity contribution in [2.45, 2.75) is 25.4 Å². The van der Waals surface area contributed by atoms with Crippen molar-refractivity contribution in [3.05, 3.63) is 29.8 Å². The van der Waals surface area contributed by atoms with Gasteiger partial charge >= 0.3 is 0 Å². The topological polar surface area (TPSA) is 27.7 Å². The lowest BCUT2D eigenvalue weighted by molar-refractivity contribution is 0.113. The number of nitrogens with one attached hydrogen (secondary N) is 1. The van der Waals surface area contributed by atoms with E-state index in [2.05, 4.69) is 46.4 Å². The van der Waals surface area contributed by atoms with Gasteiger partial charge in [0.15, 0.2) is 0 Å². The van der Waals surface area contributed by atoms with Crippen LogP contribution >= 0.6 is 0 Å². The molecule has 2 fully saturated rings. The number of likely N-dealkylation sites (tertiary alicyclic amines) is 1. The number of hydrogen-bond acceptors (Lipinski definition) is 4. The van der Waals surface area contributed by atoms with E-state index in [1.807, 2.05) is 0 Å². The van der Waals surface area contributed by atoms with Crippen LogP contribution in [-0.2, 0) is 6.42 Å². The van der Waals surface area contributed by atoms with E-state index in [0.717, 1.165) is 70.8 Å². The fourth-order valence-corrected chi connectivity index (χ4v) is 3.32. The highest BCUT2D eigenvalue weighted by Crippen LogP contribution is 2.23. The molecule has 4 heteroatoms. The van der Waals surface area contributed by atoms with Gasteiger partial charge in [0.2, 0.25) is 0 Å². The van der Waals surface area contributed by atoms with Crippen molar-refractivity contribution in [2.24, 2.45) is 0 Å². The summed E-state index contributed by atoms with van der Waals surface area (Å²) in [5, 5.41) is 3.41. The molecular formula is C18H29N3O. The molecule has 0 bridgehead atoms. The normalized spacial score (nSPS) is 21.9. The molecule has 3 rings (SSSR count). The van der Waals surface area contributed by atoms with Crippen LogP contribution in [0.3, 0.4) is 0 Å². The molecule has 2 aliphatic heterocycles. The quantitative estimate of drug-likeness (QED) is 0.894. The van der Waals surface area contributed by atoms with Gasteiger partial charge in [0.1, 0.15) is 11.9 Å². The first-order valence-corrected chi connectivity index (χ1v) is 8.67. The van der Waals surface area contributed by atoms with E-state index < -0.39 is 0 Å². The van der Waals surface area contributed by atoms with Gasteiger partial charge in [-0.05, 0) is 37.9 Å². The number of hydrogen-bond donors (Lipinski definition) is 1. The second-order valence-electron chi connectivity index (χ2n) is 6.57. The molecule has 4 nitrogen and oxygen atoms in total. The molecule has 0 saturated carbocycles. The Labute approximate surface area is 134 Å². The third-order valence-corrected chi connectivity index (χ3v) is 4.84. The van der Waals surface area contributed by atoms with Crippen LogP contribution in [0.5, 0.6) is 5.75 Å². The number of nitrogens with zero attached hydrogens (tertiary/aromatic N) is 2. The fraction of sp³-hybridized carbons (Fsp3) is 0.667. The molecule has 122 valence electrons. The summed E-state index contributed by atoms with van der Waals surface area (Å²) >= 11 is 0. The van der Waals surface area contributed by atoms with E-state index in [1.165, 1.54) is 5.56 Å². The maximum atomic E-state index is 6.32. The lowest BCUT2D eigenvalue weighted by atomic mass is 10.1. The van der Waals surface area contributed by atoms with E-state index >= 15 is 0 Å². The highest BCUT2D eigenvalue weighted by atomic mass is 16.5. The van der Waals surface area contributed by atoms with Crippen LogP contribution in [0.2, 0.25) is 0 Å². The number of rotatable bonds is 5. The Kier molecular flexibility index (Phi) is 5.70. The zero-order chi connectivity index (χ0) is 15.2. The number of para-hydroxylation sites is 1. The monoisotopic (exact) mass is 303 g/mol. The minimum atomic E-state index is 0.386. The molecule has 0 aromatic heterocycles. The molecule has 2 heterocycles. The van der Waals surface area contributed by atoms with E-state index in [0.29, 0.717) is 6.10 Å². The molecule has 0 spiro atoms. The molecule has 0 amide bonds. The van der Waals surface area contributed by atoms with Crippen LogP contribution in [-0.4, -0.2) is 68.8 Å². The summed E-state index contributed by atoms with van der Waals surface area (Å²) in [6.45, 7) is 7.99. The Hall–Kier alpha value is -1.10. The van der Waals surface area contributed by atoms with Gasteiger partial charge in [-0.15, -0.1) is 0 Å². The van der Waals surface area contributed by atoms with Crippen LogP contribution in [0.25, 0.3) is 0 Å². The Morgan fingerprint density at radius 3 is 2.59 bits per heavy atom. The van der Waals surface area contributed by atoms with Gasteiger partial charge in [-0.3, -0.25) is 0 Å². The van der Waals surface area contributed by atoms with Crippen LogP contribution in [0.1, 0.15) is 18.4 Å². The molecule has 0 radical (unpaired) electrons. The van der Waals surface area contributed by atoms with Crippen molar-refractivity contribution in [1.82, 2.24) is 15.1 Å². The first-order valence-electron chi connectivity index (χ1n) is 8.67. The average molecular weight is 303 g/mol. The SMILES string of the molecule is CN1CCC(Oc2ccccc2CCN2CCNCC2)CC1. The summed E-state index contributed by atoms with van der Waals surface area (Å²) < 4.78 is 6.32. The van der Waals surface area contributed by atoms with Crippen molar-refractivity contribution < 1.29 is 4.74 Å². The second kappa shape index (κ2) is 7.95. The number of piperazine rings is 1. The largest absolute Gasteiger partial charge is 0.490 e. The molecule has 1 aromatic carbocycles. The zero-order valence-corrected chi connectivity index (χ0v) is 13.8. The van der Waals surface area contributed by atoms with E-state index in [4.69, 9.17) is 4.74 Å². The first kappa shape index (κ1) is 15.8. The predicted molar refractivity (Wildman–Crippen MR) is 90.6 cm³/mol. The van der Waals surface area contributed by atoms with Gasteiger partial charge in [0.05, 0.1) is 0 Å². The van der Waals surface area contributed by atoms with Gasteiger partial charge in [-0.2, -0.15) is 0 Å². The molecular weight excluding hydrogens is 274 g/mol. The van der Waals surface area contributed by atoms with Gasteiger partial charge < -0.3 is 19.9 Å². The van der Waals surface area contributed by atoms with Crippen LogP contribution in [0.4, 0.5) is 0 Å². The third kappa shape index (κ3) is 4.45. The van der Waals surface area contributed by atoms with Crippen LogP contribution < -0.4 is 10.1 Å². The van der Waals surface area contributed by atoms with Crippen LogP contribution in [0.15, 0.2) is 24.3 Å². The van der Waals surface area contributed by atoms with E-state index in [-0.39, 0.29) is 0 Å². The number of benzene rings is 1. The van der Waals surface area contributed by atoms with Crippen LogP contribution in [0, 0.1) is 0 Å². The maximum absolute atomic E-state index is 6.32. The molecule has 0 atom stereocenters. The van der Waals surface area contributed by atoms with Gasteiger partial charge in [-0.25, -0.2) is 0 Å². The standard InChI is InChI=1S/C18H29N3O/c1-20-11-7-17(8-12-20)22-18-5-3-2-4-16(18)6-13-21-14-9-19-10-15-21/h2-5,17,19H,6-15H2,1H3. The minimum absolute atomic E-state index is 0.386. The van der Waals surface area contributed by atoms with Crippen molar-refractivity contribution in [3.63, 3.8) is 0 Å². The highest BCUT2D eigenvalue weighted by molar-refractivity contribution is 5.33. The van der Waals surface area contributed by atoms with Crippen molar-refractivity contribution in [3.8, 4) is 5.75 Å². The van der Waals surface area contributed by atoms with E-state index in [1.54, 1.807) is 0 Å². The highest BCUT2D eigenvalue weighted by Gasteiger charge is 2.19. The fourth-order valence-electron chi connectivity index (χ4n) is 3.32. The molecule has 2 saturated heterocycles. The van der Waals surface area contributed by atoms with Gasteiger partial charge in [-0.1, -0.05) is 18.2 Å². The average Bonchev–Trinajstić information content (AvgIpc) is 2.57. The Morgan fingerprint density at radius 2 is 1.82 bits per heavy atom. The summed E-state index contributed by atoms with van der Waals surface area (Å²) in [7, 11) is 2.19. The van der Waals surface area contributed by atoms with Gasteiger partial charge in [0, 0.05) is 45.8 Å². The van der Waals surface area contributed by atoms with Crippen molar-refractivity contribution in [1.29, 1.82) is 0 Å². The van der Waals surface area contributed by atoms with Gasteiger partial charge in [0.25, 0.3) is 0 Å². The minimum Gasteiger partial charge on any atom is -0.490 e. The molecule has 22 heavy (non-hydrogen) atoms. The summed E-state index contributed by atoms with van der Waals surface area (Å²) in [4.78, 5) is 4.93. The molecule has 1 aromatic rings. The lowest BCUT2D eigenvalue weighted by Crippen LogP contribution is -2.44. The third-order valence-electron chi connectivity index (χ3n) is 4.84. The number of piperidine rings is 1. The Morgan fingerprint density at radius 1 is 1.09 bits per heavy atom. The predicted octanol–water partition coefficient (Wildman–Crippen LogP) is 1.61. The molecule has 2 aliphatic rings. The van der Waals surface area contributed by atoms with E-state index in [9.17, 15) is 0 Å². The Balaban J connectivity index is 1.55. The zero-order valence-electron chi connectivity index (χ0n) is 13.8. The molecule has 0 aliphatic carbocycles. The smallest absolute Gasteiger partial charge is 0.122 e. The van der Waals surface area contributed by atoms with Crippen molar-refractivity contribution >= 4 is 0 Å².